The minimum atomic E-state index is -4.11. The summed E-state index contributed by atoms with van der Waals surface area (Å²) >= 11 is 0. The fourth-order valence-electron chi connectivity index (χ4n) is 3.42. The maximum absolute atomic E-state index is 12.4. The zero-order valence-corrected chi connectivity index (χ0v) is 20.4. The maximum Gasteiger partial charge on any atom is 0.401 e. The van der Waals surface area contributed by atoms with E-state index < -0.39 is 23.5 Å². The molecule has 0 spiro atoms. The first-order chi connectivity index (χ1) is 13.9. The molecule has 1 saturated heterocycles. The number of halogens is 4. The molecule has 0 amide bonds. The van der Waals surface area contributed by atoms with E-state index in [1.54, 1.807) is 7.05 Å². The first kappa shape index (κ1) is 27.2. The molecular formula is C20H32F3IN4OS. The Kier molecular flexibility index (Phi) is 12.9. The zero-order chi connectivity index (χ0) is 21.1. The largest absolute Gasteiger partial charge is 0.401 e. The van der Waals surface area contributed by atoms with Crippen molar-refractivity contribution in [2.24, 2.45) is 10.9 Å². The van der Waals surface area contributed by atoms with Crippen LogP contribution >= 0.6 is 24.0 Å². The number of hydrogen-bond donors (Lipinski definition) is 2. The lowest BCUT2D eigenvalue weighted by Crippen LogP contribution is -2.42. The second-order valence-corrected chi connectivity index (χ2v) is 8.90. The van der Waals surface area contributed by atoms with E-state index in [2.05, 4.69) is 15.6 Å². The molecule has 172 valence electrons. The van der Waals surface area contributed by atoms with E-state index in [1.165, 1.54) is 4.90 Å². The Hall–Kier alpha value is -0.880. The summed E-state index contributed by atoms with van der Waals surface area (Å²) in [4.78, 5) is 5.65. The van der Waals surface area contributed by atoms with Crippen LogP contribution in [0.1, 0.15) is 24.8 Å². The summed E-state index contributed by atoms with van der Waals surface area (Å²) in [6, 6.07) is 9.77. The summed E-state index contributed by atoms with van der Waals surface area (Å²) in [5, 5.41) is 6.41. The highest BCUT2D eigenvalue weighted by atomic mass is 127. The molecule has 1 aliphatic heterocycles. The number of alkyl halides is 3. The Morgan fingerprint density at radius 2 is 1.80 bits per heavy atom. The Balaban J connectivity index is 0.00000450. The third-order valence-electron chi connectivity index (χ3n) is 4.97. The van der Waals surface area contributed by atoms with Crippen LogP contribution in [0.5, 0.6) is 0 Å². The molecule has 0 aliphatic carbocycles. The summed E-state index contributed by atoms with van der Waals surface area (Å²) < 4.78 is 49.5. The van der Waals surface area contributed by atoms with E-state index in [1.807, 2.05) is 30.3 Å². The molecule has 1 aromatic carbocycles. The van der Waals surface area contributed by atoms with Gasteiger partial charge in [0.2, 0.25) is 0 Å². The van der Waals surface area contributed by atoms with Crippen molar-refractivity contribution in [1.82, 2.24) is 15.5 Å². The predicted octanol–water partition coefficient (Wildman–Crippen LogP) is 3.38. The molecule has 0 bridgehead atoms. The molecular weight excluding hydrogens is 528 g/mol. The van der Waals surface area contributed by atoms with E-state index in [0.717, 1.165) is 31.4 Å². The van der Waals surface area contributed by atoms with Gasteiger partial charge >= 0.3 is 6.18 Å². The van der Waals surface area contributed by atoms with Gasteiger partial charge in [0.05, 0.1) is 6.54 Å². The maximum atomic E-state index is 12.4. The average Bonchev–Trinajstić information content (AvgIpc) is 2.67. The molecule has 2 N–H and O–H groups in total. The Morgan fingerprint density at radius 1 is 1.17 bits per heavy atom. The zero-order valence-electron chi connectivity index (χ0n) is 17.3. The van der Waals surface area contributed by atoms with Gasteiger partial charge in [0.25, 0.3) is 0 Å². The van der Waals surface area contributed by atoms with E-state index in [0.29, 0.717) is 43.0 Å². The minimum Gasteiger partial charge on any atom is -0.356 e. The molecule has 5 nitrogen and oxygen atoms in total. The first-order valence-electron chi connectivity index (χ1n) is 9.98. The fraction of sp³-hybridized carbons (Fsp3) is 0.650. The summed E-state index contributed by atoms with van der Waals surface area (Å²) in [5.41, 5.74) is 1.06. The molecule has 1 aliphatic rings. The van der Waals surface area contributed by atoms with Crippen LogP contribution in [0.2, 0.25) is 0 Å². The van der Waals surface area contributed by atoms with Crippen LogP contribution in [0.25, 0.3) is 0 Å². The molecule has 0 aromatic heterocycles. The molecule has 0 radical (unpaired) electrons. The lowest BCUT2D eigenvalue weighted by atomic mass is 9.93. The number of likely N-dealkylation sites (tertiary alicyclic amines) is 1. The summed E-state index contributed by atoms with van der Waals surface area (Å²) in [7, 11) is 0.747. The van der Waals surface area contributed by atoms with Crippen LogP contribution in [-0.2, 0) is 16.6 Å². The molecule has 1 atom stereocenters. The molecule has 1 heterocycles. The molecule has 1 aromatic rings. The highest BCUT2D eigenvalue weighted by Gasteiger charge is 2.32. The van der Waals surface area contributed by atoms with Crippen molar-refractivity contribution in [2.75, 3.05) is 45.5 Å². The van der Waals surface area contributed by atoms with Crippen LogP contribution < -0.4 is 10.6 Å². The SMILES string of the molecule is CN=C(NCCC1CCN(CC(F)(F)F)CC1)NCCS(=O)Cc1ccccc1.I. The van der Waals surface area contributed by atoms with E-state index in [9.17, 15) is 17.4 Å². The van der Waals surface area contributed by atoms with Crippen LogP contribution in [0.15, 0.2) is 35.3 Å². The number of nitrogens with zero attached hydrogens (tertiary/aromatic N) is 2. The lowest BCUT2D eigenvalue weighted by Gasteiger charge is -2.32. The molecule has 1 fully saturated rings. The van der Waals surface area contributed by atoms with Gasteiger partial charge in [0.15, 0.2) is 5.96 Å². The average molecular weight is 560 g/mol. The number of guanidine groups is 1. The molecule has 2 rings (SSSR count). The van der Waals surface area contributed by atoms with Gasteiger partial charge in [0, 0.05) is 42.4 Å². The quantitative estimate of drug-likeness (QED) is 0.277. The number of hydrogen-bond acceptors (Lipinski definition) is 3. The third-order valence-corrected chi connectivity index (χ3v) is 6.29. The van der Waals surface area contributed by atoms with Crippen molar-refractivity contribution in [1.29, 1.82) is 0 Å². The summed E-state index contributed by atoms with van der Waals surface area (Å²) in [6.07, 6.45) is -1.62. The van der Waals surface area contributed by atoms with Crippen molar-refractivity contribution in [3.63, 3.8) is 0 Å². The molecule has 10 heteroatoms. The summed E-state index contributed by atoms with van der Waals surface area (Å²) in [5.74, 6) is 2.18. The van der Waals surface area contributed by atoms with Crippen LogP contribution in [0, 0.1) is 5.92 Å². The number of nitrogens with one attached hydrogen (secondary N) is 2. The molecule has 0 saturated carbocycles. The summed E-state index contributed by atoms with van der Waals surface area (Å²) in [6.45, 7) is 1.49. The van der Waals surface area contributed by atoms with Crippen LogP contribution in [0.4, 0.5) is 13.2 Å². The minimum absolute atomic E-state index is 0. The Labute approximate surface area is 196 Å². The number of piperidine rings is 1. The van der Waals surface area contributed by atoms with Gasteiger partial charge in [-0.1, -0.05) is 30.3 Å². The standard InChI is InChI=1S/C20H31F3N4OS.HI/c1-24-19(26-11-14-29(28)15-18-5-3-2-4-6-18)25-10-7-17-8-12-27(13-9-17)16-20(21,22)23;/h2-6,17H,7-16H2,1H3,(H2,24,25,26);1H. The second kappa shape index (κ2) is 14.2. The molecule has 30 heavy (non-hydrogen) atoms. The van der Waals surface area contributed by atoms with Crippen molar-refractivity contribution >= 4 is 40.7 Å². The second-order valence-electron chi connectivity index (χ2n) is 7.32. The number of rotatable bonds is 9. The smallest absolute Gasteiger partial charge is 0.356 e. The van der Waals surface area contributed by atoms with Crippen LogP contribution in [-0.4, -0.2) is 66.8 Å². The van der Waals surface area contributed by atoms with Gasteiger partial charge < -0.3 is 10.6 Å². The number of benzene rings is 1. The van der Waals surface area contributed by atoms with Gasteiger partial charge in [-0.3, -0.25) is 14.1 Å². The van der Waals surface area contributed by atoms with Crippen molar-refractivity contribution < 1.29 is 17.4 Å². The van der Waals surface area contributed by atoms with Crippen molar-refractivity contribution in [2.45, 2.75) is 31.2 Å². The monoisotopic (exact) mass is 560 g/mol. The van der Waals surface area contributed by atoms with Gasteiger partial charge in [0.1, 0.15) is 0 Å². The van der Waals surface area contributed by atoms with Gasteiger partial charge in [-0.05, 0) is 43.8 Å². The highest BCUT2D eigenvalue weighted by Crippen LogP contribution is 2.23. The lowest BCUT2D eigenvalue weighted by molar-refractivity contribution is -0.148. The van der Waals surface area contributed by atoms with Gasteiger partial charge in [-0.2, -0.15) is 13.2 Å². The predicted molar refractivity (Wildman–Crippen MR) is 128 cm³/mol. The fourth-order valence-corrected chi connectivity index (χ4v) is 4.46. The van der Waals surface area contributed by atoms with E-state index in [-0.39, 0.29) is 24.0 Å². The van der Waals surface area contributed by atoms with E-state index in [4.69, 9.17) is 0 Å². The highest BCUT2D eigenvalue weighted by molar-refractivity contribution is 14.0. The van der Waals surface area contributed by atoms with Gasteiger partial charge in [-0.25, -0.2) is 0 Å². The van der Waals surface area contributed by atoms with Crippen molar-refractivity contribution in [3.05, 3.63) is 35.9 Å². The first-order valence-corrected chi connectivity index (χ1v) is 11.5. The topological polar surface area (TPSA) is 56.7 Å². The van der Waals surface area contributed by atoms with Gasteiger partial charge in [-0.15, -0.1) is 24.0 Å². The van der Waals surface area contributed by atoms with Crippen LogP contribution in [0.3, 0.4) is 0 Å². The van der Waals surface area contributed by atoms with Crippen molar-refractivity contribution in [3.8, 4) is 0 Å². The Morgan fingerprint density at radius 3 is 2.40 bits per heavy atom. The third kappa shape index (κ3) is 11.5. The van der Waals surface area contributed by atoms with E-state index >= 15 is 0 Å². The molecule has 1 unspecified atom stereocenters. The Bertz CT molecular complexity index is 653. The number of aliphatic imine (C=N–C) groups is 1. The normalized spacial score (nSPS) is 17.3.